The lowest BCUT2D eigenvalue weighted by molar-refractivity contribution is 0.354. The minimum Gasteiger partial charge on any atom is -0.493 e. The maximum absolute atomic E-state index is 5.36. The zero-order chi connectivity index (χ0) is 14.7. The van der Waals surface area contributed by atoms with E-state index in [1.807, 2.05) is 18.2 Å². The molecule has 0 saturated heterocycles. The fourth-order valence-electron chi connectivity index (χ4n) is 2.05. The van der Waals surface area contributed by atoms with Crippen LogP contribution in [0.5, 0.6) is 11.5 Å². The highest BCUT2D eigenvalue weighted by molar-refractivity contribution is 9.11. The monoisotopic (exact) mass is 398 g/mol. The van der Waals surface area contributed by atoms with Gasteiger partial charge < -0.3 is 9.47 Å². The molecule has 0 aromatic heterocycles. The molecule has 20 heavy (non-hydrogen) atoms. The zero-order valence-corrected chi connectivity index (χ0v) is 14.8. The summed E-state index contributed by atoms with van der Waals surface area (Å²) in [5, 5.41) is 0. The molecule has 0 heterocycles. The van der Waals surface area contributed by atoms with Crippen LogP contribution in [-0.2, 0) is 0 Å². The predicted octanol–water partition coefficient (Wildman–Crippen LogP) is 5.26. The van der Waals surface area contributed by atoms with E-state index in [0.717, 1.165) is 21.5 Å². The molecule has 0 saturated carbocycles. The molecule has 0 radical (unpaired) electrons. The number of alkyl halides is 1. The van der Waals surface area contributed by atoms with Crippen molar-refractivity contribution in [3.05, 3.63) is 57.6 Å². The van der Waals surface area contributed by atoms with Crippen molar-refractivity contribution in [1.29, 1.82) is 0 Å². The van der Waals surface area contributed by atoms with Gasteiger partial charge in [-0.05, 0) is 36.2 Å². The SMILES string of the molecule is COc1ccc(C(Br)c2cc(C)ccc2Br)cc1OC. The highest BCUT2D eigenvalue weighted by Crippen LogP contribution is 2.39. The van der Waals surface area contributed by atoms with Crippen LogP contribution in [0.3, 0.4) is 0 Å². The number of methoxy groups -OCH3 is 2. The van der Waals surface area contributed by atoms with Crippen molar-refractivity contribution in [2.75, 3.05) is 14.2 Å². The first-order valence-corrected chi connectivity index (χ1v) is 7.89. The summed E-state index contributed by atoms with van der Waals surface area (Å²) in [7, 11) is 3.29. The van der Waals surface area contributed by atoms with Gasteiger partial charge in [-0.25, -0.2) is 0 Å². The van der Waals surface area contributed by atoms with E-state index in [-0.39, 0.29) is 4.83 Å². The summed E-state index contributed by atoms with van der Waals surface area (Å²) in [5.74, 6) is 1.47. The van der Waals surface area contributed by atoms with E-state index in [0.29, 0.717) is 0 Å². The van der Waals surface area contributed by atoms with Gasteiger partial charge in [-0.1, -0.05) is 55.6 Å². The molecule has 106 valence electrons. The summed E-state index contributed by atoms with van der Waals surface area (Å²) < 4.78 is 11.7. The number of hydrogen-bond donors (Lipinski definition) is 0. The first-order valence-electron chi connectivity index (χ1n) is 6.19. The predicted molar refractivity (Wildman–Crippen MR) is 89.2 cm³/mol. The van der Waals surface area contributed by atoms with Crippen LogP contribution >= 0.6 is 31.9 Å². The minimum atomic E-state index is 0.0941. The van der Waals surface area contributed by atoms with Crippen LogP contribution in [0.1, 0.15) is 21.5 Å². The second-order valence-electron chi connectivity index (χ2n) is 4.50. The molecule has 0 aliphatic heterocycles. The molecule has 4 heteroatoms. The largest absolute Gasteiger partial charge is 0.493 e. The van der Waals surface area contributed by atoms with Gasteiger partial charge in [0.15, 0.2) is 11.5 Å². The maximum Gasteiger partial charge on any atom is 0.161 e. The fourth-order valence-corrected chi connectivity index (χ4v) is 3.49. The Morgan fingerprint density at radius 1 is 0.950 bits per heavy atom. The number of ether oxygens (including phenoxy) is 2. The summed E-state index contributed by atoms with van der Waals surface area (Å²) >= 11 is 7.37. The summed E-state index contributed by atoms with van der Waals surface area (Å²) in [6.45, 7) is 2.09. The Morgan fingerprint density at radius 3 is 2.30 bits per heavy atom. The second-order valence-corrected chi connectivity index (χ2v) is 6.27. The van der Waals surface area contributed by atoms with Gasteiger partial charge in [-0.2, -0.15) is 0 Å². The molecule has 0 bridgehead atoms. The smallest absolute Gasteiger partial charge is 0.161 e. The summed E-state index contributed by atoms with van der Waals surface area (Å²) in [5.41, 5.74) is 3.54. The van der Waals surface area contributed by atoms with E-state index < -0.39 is 0 Å². The molecule has 0 fully saturated rings. The standard InChI is InChI=1S/C16H16Br2O2/c1-10-4-6-13(17)12(8-10)16(18)11-5-7-14(19-2)15(9-11)20-3/h4-9,16H,1-3H3. The third-order valence-electron chi connectivity index (χ3n) is 3.12. The van der Waals surface area contributed by atoms with Crippen molar-refractivity contribution in [3.8, 4) is 11.5 Å². The lowest BCUT2D eigenvalue weighted by atomic mass is 10.0. The average Bonchev–Trinajstić information content (AvgIpc) is 2.48. The number of halogens is 2. The van der Waals surface area contributed by atoms with Crippen molar-refractivity contribution in [3.63, 3.8) is 0 Å². The van der Waals surface area contributed by atoms with Gasteiger partial charge >= 0.3 is 0 Å². The summed E-state index contributed by atoms with van der Waals surface area (Å²) in [4.78, 5) is 0.0941. The Hall–Kier alpha value is -1.00. The summed E-state index contributed by atoms with van der Waals surface area (Å²) in [6, 6.07) is 12.3. The van der Waals surface area contributed by atoms with Crippen molar-refractivity contribution in [2.45, 2.75) is 11.8 Å². The van der Waals surface area contributed by atoms with E-state index in [1.165, 1.54) is 11.1 Å². The van der Waals surface area contributed by atoms with Crippen molar-refractivity contribution in [1.82, 2.24) is 0 Å². The molecule has 0 amide bonds. The Morgan fingerprint density at radius 2 is 1.65 bits per heavy atom. The molecular weight excluding hydrogens is 384 g/mol. The number of hydrogen-bond acceptors (Lipinski definition) is 2. The Labute approximate surface area is 136 Å². The molecular formula is C16H16Br2O2. The van der Waals surface area contributed by atoms with E-state index in [1.54, 1.807) is 14.2 Å². The third kappa shape index (κ3) is 3.18. The molecule has 0 spiro atoms. The van der Waals surface area contributed by atoms with Crippen LogP contribution in [0, 0.1) is 6.92 Å². The lowest BCUT2D eigenvalue weighted by Gasteiger charge is -2.16. The van der Waals surface area contributed by atoms with Gasteiger partial charge in [0.05, 0.1) is 19.0 Å². The van der Waals surface area contributed by atoms with Gasteiger partial charge in [-0.3, -0.25) is 0 Å². The Balaban J connectivity index is 2.42. The van der Waals surface area contributed by atoms with E-state index >= 15 is 0 Å². The van der Waals surface area contributed by atoms with Gasteiger partial charge in [0.2, 0.25) is 0 Å². The van der Waals surface area contributed by atoms with Crippen LogP contribution in [-0.4, -0.2) is 14.2 Å². The minimum absolute atomic E-state index is 0.0941. The molecule has 0 aliphatic carbocycles. The van der Waals surface area contributed by atoms with Crippen LogP contribution < -0.4 is 9.47 Å². The van der Waals surface area contributed by atoms with Gasteiger partial charge in [0, 0.05) is 4.47 Å². The highest BCUT2D eigenvalue weighted by atomic mass is 79.9. The fraction of sp³-hybridized carbons (Fsp3) is 0.250. The van der Waals surface area contributed by atoms with Crippen LogP contribution in [0.4, 0.5) is 0 Å². The maximum atomic E-state index is 5.36. The molecule has 2 nitrogen and oxygen atoms in total. The topological polar surface area (TPSA) is 18.5 Å². The first kappa shape index (κ1) is 15.4. The quantitative estimate of drug-likeness (QED) is 0.653. The molecule has 1 atom stereocenters. The van der Waals surface area contributed by atoms with Gasteiger partial charge in [0.25, 0.3) is 0 Å². The molecule has 2 rings (SSSR count). The van der Waals surface area contributed by atoms with E-state index in [2.05, 4.69) is 57.0 Å². The molecule has 2 aromatic rings. The number of benzene rings is 2. The second kappa shape index (κ2) is 6.64. The van der Waals surface area contributed by atoms with Gasteiger partial charge in [0.1, 0.15) is 0 Å². The van der Waals surface area contributed by atoms with E-state index in [4.69, 9.17) is 9.47 Å². The van der Waals surface area contributed by atoms with E-state index in [9.17, 15) is 0 Å². The molecule has 2 aromatic carbocycles. The molecule has 0 N–H and O–H groups in total. The number of rotatable bonds is 4. The number of aryl methyl sites for hydroxylation is 1. The van der Waals surface area contributed by atoms with Gasteiger partial charge in [-0.15, -0.1) is 0 Å². The van der Waals surface area contributed by atoms with Crippen LogP contribution in [0.15, 0.2) is 40.9 Å². The highest BCUT2D eigenvalue weighted by Gasteiger charge is 2.16. The van der Waals surface area contributed by atoms with Crippen molar-refractivity contribution in [2.24, 2.45) is 0 Å². The van der Waals surface area contributed by atoms with Crippen LogP contribution in [0.25, 0.3) is 0 Å². The van der Waals surface area contributed by atoms with Crippen molar-refractivity contribution >= 4 is 31.9 Å². The zero-order valence-electron chi connectivity index (χ0n) is 11.6. The molecule has 1 unspecified atom stereocenters. The normalized spacial score (nSPS) is 12.1. The first-order chi connectivity index (χ1) is 9.56. The van der Waals surface area contributed by atoms with Crippen LogP contribution in [0.2, 0.25) is 0 Å². The summed E-state index contributed by atoms with van der Waals surface area (Å²) in [6.07, 6.45) is 0. The third-order valence-corrected chi connectivity index (χ3v) is 4.87. The average molecular weight is 400 g/mol. The Kier molecular flexibility index (Phi) is 5.11. The van der Waals surface area contributed by atoms with Crippen molar-refractivity contribution < 1.29 is 9.47 Å². The Bertz CT molecular complexity index is 611. The lowest BCUT2D eigenvalue weighted by Crippen LogP contribution is -1.97. The molecule has 0 aliphatic rings.